The molecule has 0 bridgehead atoms. The van der Waals surface area contributed by atoms with Crippen LogP contribution in [-0.4, -0.2) is 33.2 Å². The van der Waals surface area contributed by atoms with Crippen molar-refractivity contribution < 1.29 is 13.2 Å². The summed E-state index contributed by atoms with van der Waals surface area (Å²) in [4.78, 5) is 0.427. The van der Waals surface area contributed by atoms with Crippen LogP contribution in [0, 0.1) is 12.8 Å². The quantitative estimate of drug-likeness (QED) is 0.797. The van der Waals surface area contributed by atoms with Gasteiger partial charge < -0.3 is 10.5 Å². The van der Waals surface area contributed by atoms with Crippen molar-refractivity contribution >= 4 is 27.2 Å². The Kier molecular flexibility index (Phi) is 5.32. The van der Waals surface area contributed by atoms with Gasteiger partial charge >= 0.3 is 0 Å². The van der Waals surface area contributed by atoms with Gasteiger partial charge in [0.15, 0.2) is 0 Å². The Morgan fingerprint density at radius 2 is 2.10 bits per heavy atom. The number of benzene rings is 1. The van der Waals surface area contributed by atoms with Gasteiger partial charge in [0.2, 0.25) is 10.0 Å². The Morgan fingerprint density at radius 3 is 2.71 bits per heavy atom. The summed E-state index contributed by atoms with van der Waals surface area (Å²) in [5, 5.41) is 0. The van der Waals surface area contributed by atoms with Gasteiger partial charge in [0.25, 0.3) is 0 Å². The monoisotopic (exact) mass is 328 g/mol. The molecule has 0 aliphatic carbocycles. The molecule has 21 heavy (non-hydrogen) atoms. The second-order valence-corrected chi connectivity index (χ2v) is 7.43. The highest BCUT2D eigenvalue weighted by Gasteiger charge is 2.21. The van der Waals surface area contributed by atoms with Gasteiger partial charge in [0.1, 0.15) is 4.99 Å². The van der Waals surface area contributed by atoms with Crippen LogP contribution in [-0.2, 0) is 14.8 Å². The summed E-state index contributed by atoms with van der Waals surface area (Å²) in [5.74, 6) is 0.326. The van der Waals surface area contributed by atoms with Crippen molar-refractivity contribution in [3.8, 4) is 0 Å². The third kappa shape index (κ3) is 4.23. The Bertz CT molecular complexity index is 623. The van der Waals surface area contributed by atoms with Crippen LogP contribution in [0.1, 0.15) is 24.0 Å². The minimum atomic E-state index is -3.55. The molecule has 0 spiro atoms. The highest BCUT2D eigenvalue weighted by Crippen LogP contribution is 2.19. The molecule has 1 fully saturated rings. The Balaban J connectivity index is 2.14. The highest BCUT2D eigenvalue weighted by molar-refractivity contribution is 7.89. The number of nitrogens with one attached hydrogen (secondary N) is 1. The molecule has 0 radical (unpaired) electrons. The predicted octanol–water partition coefficient (Wildman–Crippen LogP) is 1.33. The molecular formula is C14H20N2O3S2. The van der Waals surface area contributed by atoms with Crippen LogP contribution in [0.3, 0.4) is 0 Å². The molecule has 5 nitrogen and oxygen atoms in total. The van der Waals surface area contributed by atoms with Gasteiger partial charge in [-0.25, -0.2) is 13.1 Å². The second kappa shape index (κ2) is 6.83. The second-order valence-electron chi connectivity index (χ2n) is 5.25. The van der Waals surface area contributed by atoms with Gasteiger partial charge in [0, 0.05) is 25.3 Å². The van der Waals surface area contributed by atoms with E-state index in [0.29, 0.717) is 36.8 Å². The van der Waals surface area contributed by atoms with E-state index < -0.39 is 10.0 Å². The van der Waals surface area contributed by atoms with E-state index >= 15 is 0 Å². The van der Waals surface area contributed by atoms with Crippen molar-refractivity contribution in [2.24, 2.45) is 11.7 Å². The van der Waals surface area contributed by atoms with E-state index in [1.165, 1.54) is 6.07 Å². The molecule has 1 aliphatic heterocycles. The zero-order chi connectivity index (χ0) is 15.5. The van der Waals surface area contributed by atoms with Crippen molar-refractivity contribution in [2.75, 3.05) is 19.8 Å². The molecule has 1 aliphatic rings. The average Bonchev–Trinajstić information content (AvgIpc) is 2.46. The third-order valence-electron chi connectivity index (χ3n) is 3.67. The summed E-state index contributed by atoms with van der Waals surface area (Å²) >= 11 is 4.90. The first kappa shape index (κ1) is 16.4. The van der Waals surface area contributed by atoms with Crippen molar-refractivity contribution in [3.63, 3.8) is 0 Å². The number of hydrogen-bond donors (Lipinski definition) is 2. The van der Waals surface area contributed by atoms with Crippen LogP contribution in [0.15, 0.2) is 23.1 Å². The number of rotatable bonds is 5. The smallest absolute Gasteiger partial charge is 0.240 e. The van der Waals surface area contributed by atoms with Crippen LogP contribution in [0.4, 0.5) is 0 Å². The van der Waals surface area contributed by atoms with Gasteiger partial charge in [-0.15, -0.1) is 0 Å². The number of thiocarbonyl (C=S) groups is 1. The maximum atomic E-state index is 12.4. The normalized spacial score (nSPS) is 16.8. The van der Waals surface area contributed by atoms with Crippen molar-refractivity contribution in [3.05, 3.63) is 29.3 Å². The van der Waals surface area contributed by atoms with Gasteiger partial charge in [-0.3, -0.25) is 0 Å². The molecule has 0 saturated carbocycles. The van der Waals surface area contributed by atoms with Gasteiger partial charge in [0.05, 0.1) is 4.90 Å². The number of aryl methyl sites for hydroxylation is 1. The van der Waals surface area contributed by atoms with Crippen LogP contribution in [0.2, 0.25) is 0 Å². The van der Waals surface area contributed by atoms with E-state index in [1.807, 2.05) is 0 Å². The van der Waals surface area contributed by atoms with Crippen LogP contribution < -0.4 is 10.5 Å². The maximum Gasteiger partial charge on any atom is 0.240 e. The molecule has 0 aromatic heterocycles. The topological polar surface area (TPSA) is 81.4 Å². The molecule has 0 unspecified atom stereocenters. The third-order valence-corrected chi connectivity index (χ3v) is 5.47. The molecule has 1 heterocycles. The summed E-state index contributed by atoms with van der Waals surface area (Å²) < 4.78 is 32.8. The van der Waals surface area contributed by atoms with E-state index in [2.05, 4.69) is 4.72 Å². The van der Waals surface area contributed by atoms with Gasteiger partial charge in [-0.1, -0.05) is 24.4 Å². The Labute approximate surface area is 130 Å². The summed E-state index contributed by atoms with van der Waals surface area (Å²) in [6.45, 7) is 3.58. The fourth-order valence-electron chi connectivity index (χ4n) is 2.30. The van der Waals surface area contributed by atoms with E-state index in [-0.39, 0.29) is 9.88 Å². The van der Waals surface area contributed by atoms with E-state index in [0.717, 1.165) is 12.8 Å². The lowest BCUT2D eigenvalue weighted by molar-refractivity contribution is 0.0678. The van der Waals surface area contributed by atoms with Crippen LogP contribution in [0.25, 0.3) is 0 Å². The maximum absolute atomic E-state index is 12.4. The zero-order valence-electron chi connectivity index (χ0n) is 12.0. The molecule has 0 atom stereocenters. The molecule has 1 saturated heterocycles. The average molecular weight is 328 g/mol. The van der Waals surface area contributed by atoms with E-state index in [9.17, 15) is 8.42 Å². The number of hydrogen-bond acceptors (Lipinski definition) is 4. The SMILES string of the molecule is Cc1ccc(C(N)=S)cc1S(=O)(=O)NCC1CCOCC1. The summed E-state index contributed by atoms with van der Waals surface area (Å²) in [7, 11) is -3.55. The summed E-state index contributed by atoms with van der Waals surface area (Å²) in [6.07, 6.45) is 1.77. The lowest BCUT2D eigenvalue weighted by Crippen LogP contribution is -2.32. The van der Waals surface area contributed by atoms with Crippen molar-refractivity contribution in [1.29, 1.82) is 0 Å². The Hall–Kier alpha value is -1.02. The minimum absolute atomic E-state index is 0.191. The Morgan fingerprint density at radius 1 is 1.43 bits per heavy atom. The lowest BCUT2D eigenvalue weighted by Gasteiger charge is -2.22. The predicted molar refractivity (Wildman–Crippen MR) is 85.8 cm³/mol. The molecule has 1 aromatic rings. The molecule has 2 rings (SSSR count). The standard InChI is InChI=1S/C14H20N2O3S2/c1-10-2-3-12(14(15)20)8-13(10)21(17,18)16-9-11-4-6-19-7-5-11/h2-3,8,11,16H,4-7,9H2,1H3,(H2,15,20). The first-order valence-corrected chi connectivity index (χ1v) is 8.77. The first-order valence-electron chi connectivity index (χ1n) is 6.88. The van der Waals surface area contributed by atoms with E-state index in [1.54, 1.807) is 19.1 Å². The molecular weight excluding hydrogens is 308 g/mol. The molecule has 0 amide bonds. The largest absolute Gasteiger partial charge is 0.389 e. The van der Waals surface area contributed by atoms with Crippen LogP contribution >= 0.6 is 12.2 Å². The van der Waals surface area contributed by atoms with Gasteiger partial charge in [-0.2, -0.15) is 0 Å². The molecule has 7 heteroatoms. The summed E-state index contributed by atoms with van der Waals surface area (Å²) in [6, 6.07) is 4.98. The van der Waals surface area contributed by atoms with E-state index in [4.69, 9.17) is 22.7 Å². The molecule has 3 N–H and O–H groups in total. The van der Waals surface area contributed by atoms with Gasteiger partial charge in [-0.05, 0) is 37.3 Å². The molecule has 1 aromatic carbocycles. The first-order chi connectivity index (χ1) is 9.90. The fourth-order valence-corrected chi connectivity index (χ4v) is 3.81. The summed E-state index contributed by atoms with van der Waals surface area (Å²) in [5.41, 5.74) is 6.80. The lowest BCUT2D eigenvalue weighted by atomic mass is 10.0. The van der Waals surface area contributed by atoms with Crippen molar-refractivity contribution in [1.82, 2.24) is 4.72 Å². The number of sulfonamides is 1. The number of ether oxygens (including phenoxy) is 1. The highest BCUT2D eigenvalue weighted by atomic mass is 32.2. The number of nitrogens with two attached hydrogens (primary N) is 1. The fraction of sp³-hybridized carbons (Fsp3) is 0.500. The molecule has 116 valence electrons. The minimum Gasteiger partial charge on any atom is -0.389 e. The zero-order valence-corrected chi connectivity index (χ0v) is 13.6. The van der Waals surface area contributed by atoms with Crippen molar-refractivity contribution in [2.45, 2.75) is 24.7 Å². The van der Waals surface area contributed by atoms with Crippen LogP contribution in [0.5, 0.6) is 0 Å².